The van der Waals surface area contributed by atoms with Crippen molar-refractivity contribution < 1.29 is 8.42 Å². The third-order valence-electron chi connectivity index (χ3n) is 2.70. The van der Waals surface area contributed by atoms with Gasteiger partial charge in [-0.2, -0.15) is 5.26 Å². The first-order chi connectivity index (χ1) is 8.99. The van der Waals surface area contributed by atoms with Crippen LogP contribution in [0.5, 0.6) is 0 Å². The molecule has 0 saturated heterocycles. The third-order valence-corrected chi connectivity index (χ3v) is 4.12. The normalized spacial score (nSPS) is 11.2. The van der Waals surface area contributed by atoms with Crippen LogP contribution in [0.1, 0.15) is 5.69 Å². The zero-order valence-corrected chi connectivity index (χ0v) is 11.0. The molecule has 1 aromatic heterocycles. The molecule has 0 amide bonds. The minimum Gasteiger partial charge on any atom is -0.397 e. The van der Waals surface area contributed by atoms with Crippen LogP contribution in [0.25, 0.3) is 5.69 Å². The van der Waals surface area contributed by atoms with Gasteiger partial charge in [-0.1, -0.05) is 0 Å². The predicted octanol–water partition coefficient (Wildman–Crippen LogP) is 0.839. The summed E-state index contributed by atoms with van der Waals surface area (Å²) in [6.45, 7) is 0. The second kappa shape index (κ2) is 4.76. The van der Waals surface area contributed by atoms with Gasteiger partial charge in [-0.25, -0.2) is 13.1 Å². The average Bonchev–Trinajstić information content (AvgIpc) is 2.87. The van der Waals surface area contributed by atoms with E-state index in [0.717, 1.165) is 0 Å². The number of nitrogens with zero attached hydrogens (tertiary/aromatic N) is 2. The zero-order chi connectivity index (χ0) is 14.0. The Morgan fingerprint density at radius 2 is 2.11 bits per heavy atom. The van der Waals surface area contributed by atoms with Crippen molar-refractivity contribution in [2.24, 2.45) is 0 Å². The van der Waals surface area contributed by atoms with Gasteiger partial charge in [-0.3, -0.25) is 0 Å². The van der Waals surface area contributed by atoms with Gasteiger partial charge in [0.15, 0.2) is 0 Å². The number of nitriles is 1. The van der Waals surface area contributed by atoms with Crippen LogP contribution < -0.4 is 10.5 Å². The van der Waals surface area contributed by atoms with Gasteiger partial charge in [0, 0.05) is 6.20 Å². The molecule has 0 spiro atoms. The molecule has 7 heteroatoms. The molecule has 0 aliphatic carbocycles. The Bertz CT molecular complexity index is 756. The quantitative estimate of drug-likeness (QED) is 0.811. The fraction of sp³-hybridized carbons (Fsp3) is 0.0833. The smallest absolute Gasteiger partial charge is 0.240 e. The van der Waals surface area contributed by atoms with E-state index in [-0.39, 0.29) is 4.90 Å². The van der Waals surface area contributed by atoms with Gasteiger partial charge in [-0.15, -0.1) is 0 Å². The molecule has 0 unspecified atom stereocenters. The molecule has 6 nitrogen and oxygen atoms in total. The third kappa shape index (κ3) is 2.31. The highest BCUT2D eigenvalue weighted by Gasteiger charge is 2.14. The van der Waals surface area contributed by atoms with E-state index in [1.165, 1.54) is 25.2 Å². The summed E-state index contributed by atoms with van der Waals surface area (Å²) < 4.78 is 27.3. The molecule has 2 rings (SSSR count). The lowest BCUT2D eigenvalue weighted by molar-refractivity contribution is 0.588. The van der Waals surface area contributed by atoms with Crippen LogP contribution >= 0.6 is 0 Å². The Kier molecular flexibility index (Phi) is 3.29. The van der Waals surface area contributed by atoms with Crippen molar-refractivity contribution in [3.63, 3.8) is 0 Å². The van der Waals surface area contributed by atoms with Crippen molar-refractivity contribution in [2.75, 3.05) is 12.8 Å². The van der Waals surface area contributed by atoms with Crippen LogP contribution in [0.15, 0.2) is 41.4 Å². The lowest BCUT2D eigenvalue weighted by atomic mass is 10.2. The number of nitrogen functional groups attached to an aromatic ring is 1. The largest absolute Gasteiger partial charge is 0.397 e. The Morgan fingerprint density at radius 3 is 2.74 bits per heavy atom. The van der Waals surface area contributed by atoms with Crippen LogP contribution in [0.4, 0.5) is 5.69 Å². The second-order valence-electron chi connectivity index (χ2n) is 3.80. The number of hydrogen-bond acceptors (Lipinski definition) is 4. The van der Waals surface area contributed by atoms with Crippen molar-refractivity contribution in [3.8, 4) is 11.8 Å². The van der Waals surface area contributed by atoms with E-state index in [9.17, 15) is 8.42 Å². The molecule has 1 aromatic carbocycles. The molecule has 0 atom stereocenters. The Hall–Kier alpha value is -2.30. The number of hydrogen-bond donors (Lipinski definition) is 2. The van der Waals surface area contributed by atoms with Crippen LogP contribution in [-0.4, -0.2) is 20.0 Å². The van der Waals surface area contributed by atoms with Crippen molar-refractivity contribution in [2.45, 2.75) is 4.90 Å². The summed E-state index contributed by atoms with van der Waals surface area (Å²) >= 11 is 0. The molecule has 2 aromatic rings. The maximum atomic E-state index is 11.8. The van der Waals surface area contributed by atoms with Crippen LogP contribution in [0.2, 0.25) is 0 Å². The van der Waals surface area contributed by atoms with E-state index < -0.39 is 10.0 Å². The van der Waals surface area contributed by atoms with Gasteiger partial charge >= 0.3 is 0 Å². The fourth-order valence-electron chi connectivity index (χ4n) is 1.70. The average molecular weight is 276 g/mol. The highest BCUT2D eigenvalue weighted by molar-refractivity contribution is 7.89. The van der Waals surface area contributed by atoms with Crippen molar-refractivity contribution >= 4 is 15.7 Å². The van der Waals surface area contributed by atoms with Crippen molar-refractivity contribution in [3.05, 3.63) is 42.2 Å². The lowest BCUT2D eigenvalue weighted by Gasteiger charge is -2.11. The van der Waals surface area contributed by atoms with Gasteiger partial charge in [0.1, 0.15) is 11.8 Å². The van der Waals surface area contributed by atoms with E-state index in [2.05, 4.69) is 4.72 Å². The number of nitrogens with one attached hydrogen (secondary N) is 1. The number of nitrogens with two attached hydrogens (primary N) is 1. The van der Waals surface area contributed by atoms with E-state index in [0.29, 0.717) is 17.1 Å². The molecular weight excluding hydrogens is 264 g/mol. The number of rotatable bonds is 3. The molecule has 0 aliphatic heterocycles. The summed E-state index contributed by atoms with van der Waals surface area (Å²) in [5, 5.41) is 8.99. The molecule has 0 saturated carbocycles. The summed E-state index contributed by atoms with van der Waals surface area (Å²) in [6, 6.07) is 9.68. The SMILES string of the molecule is CNS(=O)(=O)c1ccc(N)c(-n2cccc2C#N)c1. The predicted molar refractivity (Wildman–Crippen MR) is 71.1 cm³/mol. The first kappa shape index (κ1) is 13.1. The number of sulfonamides is 1. The Balaban J connectivity index is 2.66. The molecule has 98 valence electrons. The van der Waals surface area contributed by atoms with Gasteiger partial charge in [0.2, 0.25) is 10.0 Å². The number of aromatic nitrogens is 1. The molecule has 1 heterocycles. The van der Waals surface area contributed by atoms with Crippen molar-refractivity contribution in [1.29, 1.82) is 5.26 Å². The maximum absolute atomic E-state index is 11.8. The topological polar surface area (TPSA) is 101 Å². The minimum atomic E-state index is -3.55. The van der Waals surface area contributed by atoms with Crippen LogP contribution in [-0.2, 0) is 10.0 Å². The van der Waals surface area contributed by atoms with Crippen LogP contribution in [0.3, 0.4) is 0 Å². The first-order valence-electron chi connectivity index (χ1n) is 5.40. The molecule has 3 N–H and O–H groups in total. The highest BCUT2D eigenvalue weighted by Crippen LogP contribution is 2.23. The Morgan fingerprint density at radius 1 is 1.37 bits per heavy atom. The lowest BCUT2D eigenvalue weighted by Crippen LogP contribution is -2.19. The van der Waals surface area contributed by atoms with Crippen LogP contribution in [0, 0.1) is 11.3 Å². The standard InChI is InChI=1S/C12H12N4O2S/c1-15-19(17,18)10-4-5-11(14)12(7-10)16-6-2-3-9(16)8-13/h2-7,15H,14H2,1H3. The van der Waals surface area contributed by atoms with Gasteiger partial charge in [0.05, 0.1) is 16.3 Å². The maximum Gasteiger partial charge on any atom is 0.240 e. The molecule has 0 bridgehead atoms. The molecular formula is C12H12N4O2S. The van der Waals surface area contributed by atoms with Gasteiger partial charge < -0.3 is 10.3 Å². The summed E-state index contributed by atoms with van der Waals surface area (Å²) in [5.74, 6) is 0. The minimum absolute atomic E-state index is 0.0942. The van der Waals surface area contributed by atoms with E-state index in [1.807, 2.05) is 6.07 Å². The molecule has 0 fully saturated rings. The van der Waals surface area contributed by atoms with E-state index in [1.54, 1.807) is 22.9 Å². The summed E-state index contributed by atoms with van der Waals surface area (Å²) in [5.41, 5.74) is 7.07. The number of benzene rings is 1. The zero-order valence-electron chi connectivity index (χ0n) is 10.2. The molecule has 0 radical (unpaired) electrons. The van der Waals surface area contributed by atoms with E-state index in [4.69, 9.17) is 11.0 Å². The molecule has 0 aliphatic rings. The van der Waals surface area contributed by atoms with Crippen molar-refractivity contribution in [1.82, 2.24) is 9.29 Å². The summed E-state index contributed by atoms with van der Waals surface area (Å²) in [7, 11) is -2.21. The first-order valence-corrected chi connectivity index (χ1v) is 6.89. The highest BCUT2D eigenvalue weighted by atomic mass is 32.2. The van der Waals surface area contributed by atoms with Gasteiger partial charge in [0.25, 0.3) is 0 Å². The monoisotopic (exact) mass is 276 g/mol. The number of anilines is 1. The Labute approximate surface area is 111 Å². The van der Waals surface area contributed by atoms with Gasteiger partial charge in [-0.05, 0) is 37.4 Å². The molecule has 19 heavy (non-hydrogen) atoms. The van der Waals surface area contributed by atoms with E-state index >= 15 is 0 Å². The summed E-state index contributed by atoms with van der Waals surface area (Å²) in [6.07, 6.45) is 1.65. The fourth-order valence-corrected chi connectivity index (χ4v) is 2.45. The second-order valence-corrected chi connectivity index (χ2v) is 5.69. The summed E-state index contributed by atoms with van der Waals surface area (Å²) in [4.78, 5) is 0.0942.